The van der Waals surface area contributed by atoms with E-state index in [4.69, 9.17) is 4.74 Å². The average molecular weight is 332 g/mol. The van der Waals surface area contributed by atoms with Gasteiger partial charge in [-0.15, -0.1) is 0 Å². The van der Waals surface area contributed by atoms with Gasteiger partial charge in [-0.3, -0.25) is 14.6 Å². The van der Waals surface area contributed by atoms with Crippen LogP contribution in [0.1, 0.15) is 33.6 Å². The summed E-state index contributed by atoms with van der Waals surface area (Å²) in [5, 5.41) is 9.35. The van der Waals surface area contributed by atoms with Crippen LogP contribution < -0.4 is 0 Å². The van der Waals surface area contributed by atoms with Gasteiger partial charge in [-0.1, -0.05) is 0 Å². The lowest BCUT2D eigenvalue weighted by Gasteiger charge is -2.30. The van der Waals surface area contributed by atoms with Gasteiger partial charge in [-0.05, 0) is 33.6 Å². The lowest BCUT2D eigenvalue weighted by Crippen LogP contribution is -2.47. The van der Waals surface area contributed by atoms with Crippen LogP contribution in [-0.4, -0.2) is 69.7 Å². The van der Waals surface area contributed by atoms with Gasteiger partial charge in [0.05, 0.1) is 18.5 Å². The summed E-state index contributed by atoms with van der Waals surface area (Å²) in [6.45, 7) is 4.55. The third-order valence-electron chi connectivity index (χ3n) is 4.97. The zero-order chi connectivity index (χ0) is 17.2. The fourth-order valence-electron chi connectivity index (χ4n) is 3.63. The number of carboxylic acids is 1. The van der Waals surface area contributed by atoms with Crippen LogP contribution in [0.15, 0.2) is 0 Å². The van der Waals surface area contributed by atoms with E-state index < -0.39 is 47.6 Å². The Morgan fingerprint density at radius 3 is 2.30 bits per heavy atom. The van der Waals surface area contributed by atoms with E-state index in [0.29, 0.717) is 12.8 Å². The molecular formula is C15H22F2N2O4. The molecule has 0 aromatic carbocycles. The Hall–Kier alpha value is -1.44. The SMILES string of the molecule is CC(C)(C)OC(=O)N1CC(F)(F)[C@@H]2CN(C3(C(=O)O)CC3)C[C@@H]21. The van der Waals surface area contributed by atoms with Crippen LogP contribution >= 0.6 is 0 Å². The molecule has 0 aromatic heterocycles. The molecule has 2 heterocycles. The monoisotopic (exact) mass is 332 g/mol. The van der Waals surface area contributed by atoms with E-state index in [1.165, 1.54) is 0 Å². The minimum Gasteiger partial charge on any atom is -0.480 e. The van der Waals surface area contributed by atoms with Crippen molar-refractivity contribution >= 4 is 12.1 Å². The van der Waals surface area contributed by atoms with E-state index in [-0.39, 0.29) is 13.1 Å². The fraction of sp³-hybridized carbons (Fsp3) is 0.867. The number of carboxylic acid groups (broad SMARTS) is 1. The van der Waals surface area contributed by atoms with Gasteiger partial charge in [0.25, 0.3) is 5.92 Å². The maximum Gasteiger partial charge on any atom is 0.410 e. The van der Waals surface area contributed by atoms with Gasteiger partial charge in [0.2, 0.25) is 0 Å². The van der Waals surface area contributed by atoms with E-state index in [1.54, 1.807) is 25.7 Å². The number of rotatable bonds is 2. The molecule has 2 aliphatic heterocycles. The Morgan fingerprint density at radius 1 is 1.22 bits per heavy atom. The van der Waals surface area contributed by atoms with Crippen molar-refractivity contribution in [3.63, 3.8) is 0 Å². The number of likely N-dealkylation sites (tertiary alicyclic amines) is 2. The largest absolute Gasteiger partial charge is 0.480 e. The molecule has 3 fully saturated rings. The smallest absolute Gasteiger partial charge is 0.410 e. The number of ether oxygens (including phenoxy) is 1. The summed E-state index contributed by atoms with van der Waals surface area (Å²) >= 11 is 0. The van der Waals surface area contributed by atoms with Gasteiger partial charge in [0.15, 0.2) is 0 Å². The van der Waals surface area contributed by atoms with Crippen molar-refractivity contribution in [2.45, 2.75) is 56.7 Å². The van der Waals surface area contributed by atoms with Gasteiger partial charge >= 0.3 is 12.1 Å². The number of amides is 1. The molecule has 1 aliphatic carbocycles. The second kappa shape index (κ2) is 4.78. The van der Waals surface area contributed by atoms with E-state index in [2.05, 4.69) is 0 Å². The predicted octanol–water partition coefficient (Wildman–Crippen LogP) is 1.79. The minimum absolute atomic E-state index is 0.00324. The molecule has 6 nitrogen and oxygen atoms in total. The summed E-state index contributed by atoms with van der Waals surface area (Å²) in [5.41, 5.74) is -1.78. The number of alkyl halides is 2. The lowest BCUT2D eigenvalue weighted by molar-refractivity contribution is -0.145. The summed E-state index contributed by atoms with van der Waals surface area (Å²) in [7, 11) is 0. The molecule has 2 atom stereocenters. The number of nitrogens with zero attached hydrogens (tertiary/aromatic N) is 2. The number of carbonyl (C=O) groups is 2. The molecule has 1 amide bonds. The first-order valence-corrected chi connectivity index (χ1v) is 7.82. The van der Waals surface area contributed by atoms with Crippen molar-refractivity contribution < 1.29 is 28.2 Å². The standard InChI is InChI=1S/C15H22F2N2O4/c1-13(2,3)23-12(22)19-8-15(16,17)9-6-18(7-10(9)19)14(4-5-14)11(20)21/h9-10H,4-8H2,1-3H3,(H,20,21)/t9-,10+/m1/s1. The van der Waals surface area contributed by atoms with Crippen molar-refractivity contribution in [1.82, 2.24) is 9.80 Å². The molecule has 3 aliphatic rings. The Kier molecular flexibility index (Phi) is 3.41. The summed E-state index contributed by atoms with van der Waals surface area (Å²) in [6.07, 6.45) is 0.186. The van der Waals surface area contributed by atoms with Crippen LogP contribution in [0.3, 0.4) is 0 Å². The quantitative estimate of drug-likeness (QED) is 0.835. The van der Waals surface area contributed by atoms with E-state index in [9.17, 15) is 23.5 Å². The van der Waals surface area contributed by atoms with Crippen LogP contribution in [0, 0.1) is 5.92 Å². The summed E-state index contributed by atoms with van der Waals surface area (Å²) in [6, 6.07) is -0.698. The maximum atomic E-state index is 14.3. The van der Waals surface area contributed by atoms with Crippen molar-refractivity contribution in [2.24, 2.45) is 5.92 Å². The van der Waals surface area contributed by atoms with Gasteiger partial charge in [0.1, 0.15) is 11.1 Å². The molecule has 23 heavy (non-hydrogen) atoms. The van der Waals surface area contributed by atoms with Gasteiger partial charge in [-0.2, -0.15) is 0 Å². The second-order valence-electron chi connectivity index (χ2n) is 7.78. The van der Waals surface area contributed by atoms with Crippen LogP contribution in [0.4, 0.5) is 13.6 Å². The molecule has 8 heteroatoms. The molecule has 130 valence electrons. The average Bonchev–Trinajstić information content (AvgIpc) is 3.00. The number of hydrogen-bond acceptors (Lipinski definition) is 4. The predicted molar refractivity (Wildman–Crippen MR) is 76.3 cm³/mol. The molecule has 0 unspecified atom stereocenters. The third kappa shape index (κ3) is 2.66. The lowest BCUT2D eigenvalue weighted by atomic mass is 10.0. The molecule has 1 saturated carbocycles. The van der Waals surface area contributed by atoms with Crippen molar-refractivity contribution in [1.29, 1.82) is 0 Å². The molecule has 0 radical (unpaired) electrons. The molecular weight excluding hydrogens is 310 g/mol. The van der Waals surface area contributed by atoms with E-state index in [1.807, 2.05) is 0 Å². The summed E-state index contributed by atoms with van der Waals surface area (Å²) in [4.78, 5) is 26.3. The van der Waals surface area contributed by atoms with Crippen LogP contribution in [0.25, 0.3) is 0 Å². The Labute approximate surface area is 133 Å². The van der Waals surface area contributed by atoms with Crippen LogP contribution in [0.2, 0.25) is 0 Å². The zero-order valence-electron chi connectivity index (χ0n) is 13.5. The Bertz CT molecular complexity index is 542. The zero-order valence-corrected chi connectivity index (χ0v) is 13.5. The molecule has 3 rings (SSSR count). The molecule has 0 spiro atoms. The molecule has 2 saturated heterocycles. The number of carbonyl (C=O) groups excluding carboxylic acids is 1. The fourth-order valence-corrected chi connectivity index (χ4v) is 3.63. The van der Waals surface area contributed by atoms with Gasteiger partial charge in [0, 0.05) is 13.1 Å². The van der Waals surface area contributed by atoms with E-state index in [0.717, 1.165) is 4.90 Å². The summed E-state index contributed by atoms with van der Waals surface area (Å²) in [5.74, 6) is -5.03. The van der Waals surface area contributed by atoms with Crippen molar-refractivity contribution in [2.75, 3.05) is 19.6 Å². The highest BCUT2D eigenvalue weighted by atomic mass is 19.3. The number of fused-ring (bicyclic) bond motifs is 1. The highest BCUT2D eigenvalue weighted by Gasteiger charge is 2.65. The van der Waals surface area contributed by atoms with Crippen LogP contribution in [-0.2, 0) is 9.53 Å². The van der Waals surface area contributed by atoms with E-state index >= 15 is 0 Å². The molecule has 1 N–H and O–H groups in total. The topological polar surface area (TPSA) is 70.1 Å². The number of aliphatic carboxylic acids is 1. The van der Waals surface area contributed by atoms with Crippen molar-refractivity contribution in [3.8, 4) is 0 Å². The second-order valence-corrected chi connectivity index (χ2v) is 7.78. The van der Waals surface area contributed by atoms with Gasteiger partial charge in [-0.25, -0.2) is 13.6 Å². The van der Waals surface area contributed by atoms with Crippen molar-refractivity contribution in [3.05, 3.63) is 0 Å². The first kappa shape index (κ1) is 16.4. The Morgan fingerprint density at radius 2 is 1.83 bits per heavy atom. The molecule has 0 aromatic rings. The third-order valence-corrected chi connectivity index (χ3v) is 4.97. The van der Waals surface area contributed by atoms with Crippen LogP contribution in [0.5, 0.6) is 0 Å². The first-order valence-electron chi connectivity index (χ1n) is 7.82. The number of halogens is 2. The minimum atomic E-state index is -3.02. The summed E-state index contributed by atoms with van der Waals surface area (Å²) < 4.78 is 33.8. The number of hydrogen-bond donors (Lipinski definition) is 1. The Balaban J connectivity index is 1.79. The normalized spacial score (nSPS) is 31.8. The highest BCUT2D eigenvalue weighted by Crippen LogP contribution is 2.50. The highest BCUT2D eigenvalue weighted by molar-refractivity contribution is 5.82. The first-order chi connectivity index (χ1) is 10.5. The van der Waals surface area contributed by atoms with Gasteiger partial charge < -0.3 is 9.84 Å². The molecule has 0 bridgehead atoms. The maximum absolute atomic E-state index is 14.3.